The monoisotopic (exact) mass is 225 g/mol. The predicted molar refractivity (Wildman–Crippen MR) is 62.7 cm³/mol. The molecule has 0 radical (unpaired) electrons. The van der Waals surface area contributed by atoms with E-state index in [9.17, 15) is 4.39 Å². The molecular formula is C12H16FNS. The van der Waals surface area contributed by atoms with E-state index >= 15 is 0 Å². The Morgan fingerprint density at radius 3 is 2.67 bits per heavy atom. The van der Waals surface area contributed by atoms with E-state index in [-0.39, 0.29) is 5.82 Å². The maximum Gasteiger partial charge on any atom is 0.123 e. The van der Waals surface area contributed by atoms with Crippen LogP contribution in [0.4, 0.5) is 4.39 Å². The molecule has 1 unspecified atom stereocenters. The number of benzene rings is 1. The molecule has 1 aromatic carbocycles. The van der Waals surface area contributed by atoms with Crippen LogP contribution >= 0.6 is 11.8 Å². The van der Waals surface area contributed by atoms with Gasteiger partial charge in [0.1, 0.15) is 5.82 Å². The van der Waals surface area contributed by atoms with E-state index in [0.717, 1.165) is 17.5 Å². The number of rotatable bonds is 5. The molecule has 3 heteroatoms. The number of thioether (sulfide) groups is 1. The van der Waals surface area contributed by atoms with Crippen molar-refractivity contribution in [3.63, 3.8) is 0 Å². The fraction of sp³-hybridized carbons (Fsp3) is 0.500. The van der Waals surface area contributed by atoms with Crippen LogP contribution in [0.15, 0.2) is 29.2 Å². The van der Waals surface area contributed by atoms with Crippen molar-refractivity contribution in [1.29, 1.82) is 0 Å². The van der Waals surface area contributed by atoms with Crippen LogP contribution in [0.25, 0.3) is 0 Å². The molecule has 0 heterocycles. The van der Waals surface area contributed by atoms with Crippen molar-refractivity contribution in [2.24, 2.45) is 0 Å². The van der Waals surface area contributed by atoms with Crippen molar-refractivity contribution in [2.75, 3.05) is 6.54 Å². The highest BCUT2D eigenvalue weighted by atomic mass is 32.2. The molecule has 0 aliphatic heterocycles. The number of nitrogens with one attached hydrogen (secondary N) is 1. The summed E-state index contributed by atoms with van der Waals surface area (Å²) in [7, 11) is 0. The first-order chi connectivity index (χ1) is 7.24. The van der Waals surface area contributed by atoms with Crippen molar-refractivity contribution < 1.29 is 4.39 Å². The summed E-state index contributed by atoms with van der Waals surface area (Å²) >= 11 is 1.79. The van der Waals surface area contributed by atoms with Crippen LogP contribution in [0.3, 0.4) is 0 Å². The Kier molecular flexibility index (Phi) is 3.65. The lowest BCUT2D eigenvalue weighted by atomic mass is 10.3. The molecule has 1 fully saturated rings. The van der Waals surface area contributed by atoms with E-state index in [1.807, 2.05) is 12.1 Å². The standard InChI is InChI=1S/C12H16FNS/c1-9(8-14-11-4-5-11)15-12-6-2-10(13)3-7-12/h2-3,6-7,9,11,14H,4-5,8H2,1H3. The Morgan fingerprint density at radius 2 is 2.07 bits per heavy atom. The van der Waals surface area contributed by atoms with Gasteiger partial charge in [0.05, 0.1) is 0 Å². The van der Waals surface area contributed by atoms with Crippen molar-refractivity contribution in [1.82, 2.24) is 5.32 Å². The minimum absolute atomic E-state index is 0.164. The summed E-state index contributed by atoms with van der Waals surface area (Å²) in [5.41, 5.74) is 0. The molecule has 82 valence electrons. The van der Waals surface area contributed by atoms with Crippen LogP contribution in [-0.4, -0.2) is 17.8 Å². The second-order valence-corrected chi connectivity index (χ2v) is 5.58. The summed E-state index contributed by atoms with van der Waals surface area (Å²) in [4.78, 5) is 1.14. The number of hydrogen-bond acceptors (Lipinski definition) is 2. The molecule has 0 aromatic heterocycles. The molecule has 1 atom stereocenters. The summed E-state index contributed by atoms with van der Waals surface area (Å²) in [6, 6.07) is 7.48. The molecule has 1 nitrogen and oxygen atoms in total. The molecular weight excluding hydrogens is 209 g/mol. The molecule has 1 aliphatic rings. The molecule has 0 bridgehead atoms. The minimum atomic E-state index is -0.164. The van der Waals surface area contributed by atoms with Crippen molar-refractivity contribution in [2.45, 2.75) is 36.0 Å². The molecule has 0 saturated heterocycles. The van der Waals surface area contributed by atoms with E-state index in [2.05, 4.69) is 12.2 Å². The van der Waals surface area contributed by atoms with Crippen LogP contribution in [-0.2, 0) is 0 Å². The van der Waals surface area contributed by atoms with Gasteiger partial charge in [0.25, 0.3) is 0 Å². The van der Waals surface area contributed by atoms with Crippen molar-refractivity contribution in [3.05, 3.63) is 30.1 Å². The predicted octanol–water partition coefficient (Wildman–Crippen LogP) is 3.06. The quantitative estimate of drug-likeness (QED) is 0.773. The summed E-state index contributed by atoms with van der Waals surface area (Å²) in [5, 5.41) is 4.03. The van der Waals surface area contributed by atoms with Crippen LogP contribution in [0.5, 0.6) is 0 Å². The third-order valence-corrected chi connectivity index (χ3v) is 3.54. The van der Waals surface area contributed by atoms with E-state index < -0.39 is 0 Å². The Morgan fingerprint density at radius 1 is 1.40 bits per heavy atom. The fourth-order valence-electron chi connectivity index (χ4n) is 1.41. The van der Waals surface area contributed by atoms with Gasteiger partial charge in [-0.3, -0.25) is 0 Å². The highest BCUT2D eigenvalue weighted by Crippen LogP contribution is 2.24. The molecule has 1 aliphatic carbocycles. The van der Waals surface area contributed by atoms with Gasteiger partial charge >= 0.3 is 0 Å². The summed E-state index contributed by atoms with van der Waals surface area (Å²) in [6.45, 7) is 3.23. The Labute approximate surface area is 94.5 Å². The number of halogens is 1. The van der Waals surface area contributed by atoms with Gasteiger partial charge in [0, 0.05) is 22.7 Å². The smallest absolute Gasteiger partial charge is 0.123 e. The maximum absolute atomic E-state index is 12.7. The van der Waals surface area contributed by atoms with Gasteiger partial charge in [0.15, 0.2) is 0 Å². The van der Waals surface area contributed by atoms with Gasteiger partial charge in [-0.2, -0.15) is 0 Å². The lowest BCUT2D eigenvalue weighted by Crippen LogP contribution is -2.24. The second-order valence-electron chi connectivity index (χ2n) is 4.06. The molecule has 0 amide bonds. The average Bonchev–Trinajstić information content (AvgIpc) is 3.02. The maximum atomic E-state index is 12.7. The Hall–Kier alpha value is -0.540. The normalized spacial score (nSPS) is 17.7. The van der Waals surface area contributed by atoms with Crippen LogP contribution in [0.2, 0.25) is 0 Å². The molecule has 2 rings (SSSR count). The molecule has 1 saturated carbocycles. The van der Waals surface area contributed by atoms with Gasteiger partial charge in [-0.05, 0) is 37.1 Å². The van der Waals surface area contributed by atoms with Gasteiger partial charge in [0.2, 0.25) is 0 Å². The van der Waals surface area contributed by atoms with E-state index in [4.69, 9.17) is 0 Å². The Balaban J connectivity index is 1.76. The summed E-state index contributed by atoms with van der Waals surface area (Å²) in [6.07, 6.45) is 2.65. The van der Waals surface area contributed by atoms with Crippen LogP contribution < -0.4 is 5.32 Å². The fourth-order valence-corrected chi connectivity index (χ4v) is 2.34. The molecule has 0 spiro atoms. The second kappa shape index (κ2) is 4.99. The van der Waals surface area contributed by atoms with Crippen molar-refractivity contribution in [3.8, 4) is 0 Å². The zero-order chi connectivity index (χ0) is 10.7. The minimum Gasteiger partial charge on any atom is -0.313 e. The largest absolute Gasteiger partial charge is 0.313 e. The van der Waals surface area contributed by atoms with Gasteiger partial charge < -0.3 is 5.32 Å². The van der Waals surface area contributed by atoms with E-state index in [0.29, 0.717) is 5.25 Å². The van der Waals surface area contributed by atoms with Crippen LogP contribution in [0, 0.1) is 5.82 Å². The first-order valence-electron chi connectivity index (χ1n) is 5.39. The lowest BCUT2D eigenvalue weighted by molar-refractivity contribution is 0.626. The first kappa shape index (κ1) is 11.0. The Bertz CT molecular complexity index is 308. The highest BCUT2D eigenvalue weighted by Gasteiger charge is 2.20. The third-order valence-electron chi connectivity index (χ3n) is 2.42. The van der Waals surface area contributed by atoms with Gasteiger partial charge in [-0.15, -0.1) is 11.8 Å². The summed E-state index contributed by atoms with van der Waals surface area (Å²) < 4.78 is 12.7. The zero-order valence-electron chi connectivity index (χ0n) is 8.87. The van der Waals surface area contributed by atoms with Gasteiger partial charge in [-0.1, -0.05) is 6.92 Å². The zero-order valence-corrected chi connectivity index (χ0v) is 9.69. The summed E-state index contributed by atoms with van der Waals surface area (Å²) in [5.74, 6) is -0.164. The first-order valence-corrected chi connectivity index (χ1v) is 6.27. The number of hydrogen-bond donors (Lipinski definition) is 1. The van der Waals surface area contributed by atoms with E-state index in [1.165, 1.54) is 25.0 Å². The lowest BCUT2D eigenvalue weighted by Gasteiger charge is -2.11. The molecule has 15 heavy (non-hydrogen) atoms. The topological polar surface area (TPSA) is 12.0 Å². The van der Waals surface area contributed by atoms with Crippen LogP contribution in [0.1, 0.15) is 19.8 Å². The van der Waals surface area contributed by atoms with Crippen molar-refractivity contribution >= 4 is 11.8 Å². The third kappa shape index (κ3) is 3.84. The average molecular weight is 225 g/mol. The molecule has 1 aromatic rings. The highest BCUT2D eigenvalue weighted by molar-refractivity contribution is 8.00. The van der Waals surface area contributed by atoms with E-state index in [1.54, 1.807) is 11.8 Å². The SMILES string of the molecule is CC(CNC1CC1)Sc1ccc(F)cc1. The van der Waals surface area contributed by atoms with Gasteiger partial charge in [-0.25, -0.2) is 4.39 Å². The molecule has 1 N–H and O–H groups in total.